The number of hydrogen-bond acceptors (Lipinski definition) is 2. The normalized spacial score (nSPS) is 14.4. The van der Waals surface area contributed by atoms with E-state index in [2.05, 4.69) is 77.0 Å². The van der Waals surface area contributed by atoms with Gasteiger partial charge in [-0.2, -0.15) is 0 Å². The van der Waals surface area contributed by atoms with E-state index < -0.39 is 0 Å². The van der Waals surface area contributed by atoms with Crippen LogP contribution in [0.2, 0.25) is 0 Å². The molecule has 25 heavy (non-hydrogen) atoms. The van der Waals surface area contributed by atoms with Crippen molar-refractivity contribution in [2.24, 2.45) is 0 Å². The lowest BCUT2D eigenvalue weighted by Crippen LogP contribution is -2.24. The van der Waals surface area contributed by atoms with Gasteiger partial charge in [-0.3, -0.25) is 0 Å². The van der Waals surface area contributed by atoms with Crippen LogP contribution in [0.5, 0.6) is 5.75 Å². The zero-order valence-corrected chi connectivity index (χ0v) is 17.7. The van der Waals surface area contributed by atoms with E-state index in [-0.39, 0.29) is 5.16 Å². The zero-order chi connectivity index (χ0) is 18.8. The molecule has 0 fully saturated rings. The molecule has 0 spiro atoms. The van der Waals surface area contributed by atoms with Gasteiger partial charge in [0.25, 0.3) is 0 Å². The smallest absolute Gasteiger partial charge is 0.122 e. The summed E-state index contributed by atoms with van der Waals surface area (Å²) < 4.78 is 0. The van der Waals surface area contributed by atoms with Crippen LogP contribution in [-0.4, -0.2) is 24.1 Å². The molecule has 0 saturated heterocycles. The molecule has 1 N–H and O–H groups in total. The summed E-state index contributed by atoms with van der Waals surface area (Å²) in [5, 5.41) is 12.1. The predicted molar refractivity (Wildman–Crippen MR) is 112 cm³/mol. The van der Waals surface area contributed by atoms with Gasteiger partial charge in [-0.1, -0.05) is 58.3 Å². The van der Waals surface area contributed by atoms with Gasteiger partial charge in [-0.25, -0.2) is 0 Å². The highest BCUT2D eigenvalue weighted by molar-refractivity contribution is 7.48. The number of benzene rings is 2. The second-order valence-electron chi connectivity index (χ2n) is 7.64. The highest BCUT2D eigenvalue weighted by Crippen LogP contribution is 2.48. The summed E-state index contributed by atoms with van der Waals surface area (Å²) in [6, 6.07) is 10.8. The maximum absolute atomic E-state index is 10.7. The largest absolute Gasteiger partial charge is 0.507 e. The number of aromatic hydroxyl groups is 1. The molecule has 3 heteroatoms. The third-order valence-electron chi connectivity index (χ3n) is 4.99. The molecule has 2 atom stereocenters. The molecule has 2 rings (SSSR count). The van der Waals surface area contributed by atoms with Crippen molar-refractivity contribution in [2.45, 2.75) is 52.7 Å². The van der Waals surface area contributed by atoms with Crippen LogP contribution >= 0.6 is 8.58 Å². The summed E-state index contributed by atoms with van der Waals surface area (Å²) >= 11 is 0. The van der Waals surface area contributed by atoms with Crippen LogP contribution in [0.25, 0.3) is 0 Å². The Morgan fingerprint density at radius 3 is 2.36 bits per heavy atom. The van der Waals surface area contributed by atoms with Crippen molar-refractivity contribution < 1.29 is 5.11 Å². The lowest BCUT2D eigenvalue weighted by molar-refractivity contribution is 0.403. The van der Waals surface area contributed by atoms with Crippen LogP contribution in [0.1, 0.15) is 48.1 Å². The lowest BCUT2D eigenvalue weighted by atomic mass is 9.93. The van der Waals surface area contributed by atoms with Gasteiger partial charge in [-0.05, 0) is 63.3 Å². The van der Waals surface area contributed by atoms with Gasteiger partial charge in [0.05, 0.1) is 0 Å². The highest BCUT2D eigenvalue weighted by Gasteiger charge is 2.30. The van der Waals surface area contributed by atoms with E-state index >= 15 is 0 Å². The van der Waals surface area contributed by atoms with Crippen molar-refractivity contribution in [3.8, 4) is 5.75 Å². The average Bonchev–Trinajstić information content (AvgIpc) is 2.53. The minimum atomic E-state index is -0.0615. The fraction of sp³-hybridized carbons (Fsp3) is 0.455. The van der Waals surface area contributed by atoms with Crippen LogP contribution in [0.15, 0.2) is 30.3 Å². The molecule has 0 bridgehead atoms. The van der Waals surface area contributed by atoms with Crippen molar-refractivity contribution in [3.63, 3.8) is 0 Å². The summed E-state index contributed by atoms with van der Waals surface area (Å²) in [4.78, 5) is 2.22. The third-order valence-corrected chi connectivity index (χ3v) is 7.13. The molecular formula is C22H32NOP. The fourth-order valence-corrected chi connectivity index (χ4v) is 5.04. The fourth-order valence-electron chi connectivity index (χ4n) is 3.38. The Morgan fingerprint density at radius 1 is 1.08 bits per heavy atom. The molecule has 136 valence electrons. The topological polar surface area (TPSA) is 23.5 Å². The maximum Gasteiger partial charge on any atom is 0.122 e. The second kappa shape index (κ2) is 7.89. The second-order valence-corrected chi connectivity index (χ2v) is 9.49. The SMILES string of the molecule is CCC(C)(Pc1c(C)cccc1CN(C)C)c1cc(C)cc(C)c1O. The first-order valence-electron chi connectivity index (χ1n) is 9.00. The van der Waals surface area contributed by atoms with Crippen LogP contribution in [-0.2, 0) is 11.7 Å². The van der Waals surface area contributed by atoms with Gasteiger partial charge in [0.15, 0.2) is 0 Å². The van der Waals surface area contributed by atoms with Crippen molar-refractivity contribution in [3.05, 3.63) is 58.1 Å². The number of nitrogens with zero attached hydrogens (tertiary/aromatic N) is 1. The Kier molecular flexibility index (Phi) is 6.30. The van der Waals surface area contributed by atoms with E-state index in [1.807, 2.05) is 6.92 Å². The number of hydrogen-bond donors (Lipinski definition) is 1. The molecule has 2 aromatic carbocycles. The quantitative estimate of drug-likeness (QED) is 0.735. The number of phenolic OH excluding ortho intramolecular Hbond substituents is 1. The monoisotopic (exact) mass is 357 g/mol. The number of rotatable bonds is 6. The van der Waals surface area contributed by atoms with Crippen LogP contribution < -0.4 is 5.30 Å². The third kappa shape index (κ3) is 4.43. The van der Waals surface area contributed by atoms with Crippen molar-refractivity contribution in [1.29, 1.82) is 0 Å². The molecule has 0 amide bonds. The van der Waals surface area contributed by atoms with Crippen LogP contribution in [0.4, 0.5) is 0 Å². The molecule has 2 aromatic rings. The van der Waals surface area contributed by atoms with Crippen molar-refractivity contribution in [2.75, 3.05) is 14.1 Å². The maximum atomic E-state index is 10.7. The first-order chi connectivity index (χ1) is 11.7. The number of phenols is 1. The molecule has 0 radical (unpaired) electrons. The van der Waals surface area contributed by atoms with Crippen LogP contribution in [0.3, 0.4) is 0 Å². The molecule has 0 aliphatic carbocycles. The summed E-state index contributed by atoms with van der Waals surface area (Å²) in [7, 11) is 4.86. The van der Waals surface area contributed by atoms with E-state index in [0.717, 1.165) is 24.1 Å². The lowest BCUT2D eigenvalue weighted by Gasteiger charge is -2.32. The Morgan fingerprint density at radius 2 is 1.76 bits per heavy atom. The highest BCUT2D eigenvalue weighted by atomic mass is 31.1. The van der Waals surface area contributed by atoms with E-state index in [1.165, 1.54) is 22.0 Å². The van der Waals surface area contributed by atoms with Crippen molar-refractivity contribution >= 4 is 13.9 Å². The Bertz CT molecular complexity index is 754. The Balaban J connectivity index is 2.53. The summed E-state index contributed by atoms with van der Waals surface area (Å²) in [6.45, 7) is 11.8. The number of aryl methyl sites for hydroxylation is 3. The van der Waals surface area contributed by atoms with E-state index in [0.29, 0.717) is 14.3 Å². The average molecular weight is 357 g/mol. The van der Waals surface area contributed by atoms with E-state index in [9.17, 15) is 5.11 Å². The van der Waals surface area contributed by atoms with Gasteiger partial charge < -0.3 is 10.0 Å². The molecule has 2 unspecified atom stereocenters. The van der Waals surface area contributed by atoms with Gasteiger partial charge >= 0.3 is 0 Å². The first kappa shape index (κ1) is 19.9. The molecule has 0 aliphatic heterocycles. The summed E-state index contributed by atoms with van der Waals surface area (Å²) in [5.74, 6) is 0.463. The van der Waals surface area contributed by atoms with E-state index in [1.54, 1.807) is 0 Å². The first-order valence-corrected chi connectivity index (χ1v) is 10.00. The minimum absolute atomic E-state index is 0.0615. The molecular weight excluding hydrogens is 325 g/mol. The predicted octanol–water partition coefficient (Wildman–Crippen LogP) is 5.01. The Labute approximate surface area is 155 Å². The van der Waals surface area contributed by atoms with Gasteiger partial charge in [0.2, 0.25) is 0 Å². The van der Waals surface area contributed by atoms with Gasteiger partial charge in [0.1, 0.15) is 5.75 Å². The molecule has 0 heterocycles. The standard InChI is InChI=1S/C22H32NOP/c1-8-22(5,19-13-15(2)12-17(4)20(19)24)25-21-16(3)10-9-11-18(21)14-23(6)7/h9-13,24-25H,8,14H2,1-7H3. The summed E-state index contributed by atoms with van der Waals surface area (Å²) in [5.41, 5.74) is 6.02. The molecule has 0 saturated carbocycles. The van der Waals surface area contributed by atoms with Gasteiger partial charge in [-0.15, -0.1) is 0 Å². The Hall–Kier alpha value is -1.37. The van der Waals surface area contributed by atoms with E-state index in [4.69, 9.17) is 0 Å². The molecule has 2 nitrogen and oxygen atoms in total. The van der Waals surface area contributed by atoms with Gasteiger partial charge in [0, 0.05) is 17.3 Å². The zero-order valence-electron chi connectivity index (χ0n) is 16.7. The van der Waals surface area contributed by atoms with Crippen molar-refractivity contribution in [1.82, 2.24) is 4.90 Å². The minimum Gasteiger partial charge on any atom is -0.507 e. The molecule has 0 aromatic heterocycles. The summed E-state index contributed by atoms with van der Waals surface area (Å²) in [6.07, 6.45) is 0.998. The molecule has 0 aliphatic rings. The van der Waals surface area contributed by atoms with Crippen LogP contribution in [0, 0.1) is 20.8 Å².